The summed E-state index contributed by atoms with van der Waals surface area (Å²) in [6.45, 7) is 3.22. The Balaban J connectivity index is 1.53. The molecule has 2 amide bonds. The van der Waals surface area contributed by atoms with E-state index in [9.17, 15) is 4.79 Å². The fourth-order valence-corrected chi connectivity index (χ4v) is 4.26. The van der Waals surface area contributed by atoms with Crippen LogP contribution in [0.3, 0.4) is 0 Å². The number of amides is 2. The van der Waals surface area contributed by atoms with Crippen LogP contribution in [0.4, 0.5) is 10.5 Å². The second-order valence-corrected chi connectivity index (χ2v) is 7.80. The predicted molar refractivity (Wildman–Crippen MR) is 109 cm³/mol. The van der Waals surface area contributed by atoms with Crippen molar-refractivity contribution in [1.29, 1.82) is 0 Å². The fraction of sp³-hybridized carbons (Fsp3) is 0.619. The van der Waals surface area contributed by atoms with Gasteiger partial charge in [0.05, 0.1) is 7.11 Å². The Morgan fingerprint density at radius 3 is 2.85 bits per heavy atom. The molecule has 1 unspecified atom stereocenters. The number of likely N-dealkylation sites (tertiary alicyclic amines) is 1. The van der Waals surface area contributed by atoms with E-state index in [2.05, 4.69) is 15.2 Å². The van der Waals surface area contributed by atoms with E-state index >= 15 is 0 Å². The minimum absolute atomic E-state index is 0.165. The third-order valence-corrected chi connectivity index (χ3v) is 5.72. The zero-order chi connectivity index (χ0) is 19.1. The number of ether oxygens (including phenoxy) is 1. The van der Waals surface area contributed by atoms with Gasteiger partial charge in [-0.05, 0) is 50.3 Å². The molecular weight excluding hydrogens is 340 g/mol. The van der Waals surface area contributed by atoms with Gasteiger partial charge >= 0.3 is 6.03 Å². The number of carbonyl (C=O) groups is 1. The fourth-order valence-electron chi connectivity index (χ4n) is 4.26. The molecule has 1 aliphatic carbocycles. The first-order valence-corrected chi connectivity index (χ1v) is 10.2. The van der Waals surface area contributed by atoms with Crippen molar-refractivity contribution in [3.05, 3.63) is 24.3 Å². The van der Waals surface area contributed by atoms with Crippen molar-refractivity contribution in [2.45, 2.75) is 44.9 Å². The van der Waals surface area contributed by atoms with Gasteiger partial charge in [0.2, 0.25) is 0 Å². The molecule has 2 aliphatic rings. The summed E-state index contributed by atoms with van der Waals surface area (Å²) in [6, 6.07) is 6.79. The summed E-state index contributed by atoms with van der Waals surface area (Å²) in [5.74, 6) is 2.13. The van der Waals surface area contributed by atoms with Crippen molar-refractivity contribution < 1.29 is 9.53 Å². The summed E-state index contributed by atoms with van der Waals surface area (Å²) in [6.07, 6.45) is 8.96. The van der Waals surface area contributed by atoms with Crippen LogP contribution in [0.5, 0.6) is 5.75 Å². The number of amidine groups is 1. The smallest absolute Gasteiger partial charge is 0.347 e. The molecule has 1 heterocycles. The minimum Gasteiger partial charge on any atom is -0.497 e. The molecule has 2 fully saturated rings. The number of carbonyl (C=O) groups excluding carboxylic acids is 1. The Hall–Kier alpha value is -2.08. The van der Waals surface area contributed by atoms with Gasteiger partial charge in [0.15, 0.2) is 0 Å². The molecule has 1 aliphatic heterocycles. The number of hydrogen-bond donors (Lipinski definition) is 2. The molecule has 3 N–H and O–H groups in total. The summed E-state index contributed by atoms with van der Waals surface area (Å²) in [5.41, 5.74) is 6.84. The maximum absolute atomic E-state index is 12.2. The van der Waals surface area contributed by atoms with Crippen LogP contribution in [0.25, 0.3) is 0 Å². The SMILES string of the molecule is COc1cccc(NC(=O)/N=C(\N)C2CCCN(CC3CCCCC3)C2)c1. The summed E-state index contributed by atoms with van der Waals surface area (Å²) in [4.78, 5) is 18.9. The van der Waals surface area contributed by atoms with Crippen LogP contribution >= 0.6 is 0 Å². The number of nitrogens with one attached hydrogen (secondary N) is 1. The van der Waals surface area contributed by atoms with E-state index in [1.165, 1.54) is 38.6 Å². The largest absolute Gasteiger partial charge is 0.497 e. The van der Waals surface area contributed by atoms with Crippen LogP contribution in [0, 0.1) is 11.8 Å². The zero-order valence-corrected chi connectivity index (χ0v) is 16.3. The van der Waals surface area contributed by atoms with Crippen molar-refractivity contribution in [2.75, 3.05) is 32.1 Å². The molecule has 0 aromatic heterocycles. The third-order valence-electron chi connectivity index (χ3n) is 5.72. The van der Waals surface area contributed by atoms with Crippen molar-refractivity contribution in [1.82, 2.24) is 4.90 Å². The number of anilines is 1. The molecule has 3 rings (SSSR count). The van der Waals surface area contributed by atoms with Crippen LogP contribution in [0.1, 0.15) is 44.9 Å². The topological polar surface area (TPSA) is 79.9 Å². The average molecular weight is 373 g/mol. The number of rotatable bonds is 5. The van der Waals surface area contributed by atoms with Gasteiger partial charge in [-0.25, -0.2) is 4.79 Å². The van der Waals surface area contributed by atoms with Crippen molar-refractivity contribution in [3.8, 4) is 5.75 Å². The molecule has 0 spiro atoms. The van der Waals surface area contributed by atoms with E-state index in [1.54, 1.807) is 19.2 Å². The molecule has 1 aromatic carbocycles. The van der Waals surface area contributed by atoms with Gasteiger partial charge in [-0.1, -0.05) is 25.3 Å². The van der Waals surface area contributed by atoms with E-state index in [4.69, 9.17) is 10.5 Å². The van der Waals surface area contributed by atoms with Crippen molar-refractivity contribution >= 4 is 17.6 Å². The first-order chi connectivity index (χ1) is 13.1. The quantitative estimate of drug-likeness (QED) is 0.607. The van der Waals surface area contributed by atoms with Crippen LogP contribution < -0.4 is 15.8 Å². The monoisotopic (exact) mass is 372 g/mol. The van der Waals surface area contributed by atoms with Gasteiger partial charge in [-0.2, -0.15) is 4.99 Å². The summed E-state index contributed by atoms with van der Waals surface area (Å²) >= 11 is 0. The lowest BCUT2D eigenvalue weighted by Crippen LogP contribution is -2.43. The highest BCUT2D eigenvalue weighted by Gasteiger charge is 2.25. The molecule has 148 valence electrons. The molecule has 1 atom stereocenters. The predicted octanol–water partition coefficient (Wildman–Crippen LogP) is 3.88. The number of nitrogens with two attached hydrogens (primary N) is 1. The van der Waals surface area contributed by atoms with Gasteiger partial charge < -0.3 is 20.7 Å². The van der Waals surface area contributed by atoms with Crippen LogP contribution in [-0.2, 0) is 0 Å². The standard InChI is InChI=1S/C21H32N4O2/c1-27-19-11-5-10-18(13-19)23-21(26)24-20(22)17-9-6-12-25(15-17)14-16-7-3-2-4-8-16/h5,10-11,13,16-17H,2-4,6-9,12,14-15H2,1H3,(H3,22,23,24,26). The van der Waals surface area contributed by atoms with Gasteiger partial charge in [-0.3, -0.25) is 0 Å². The average Bonchev–Trinajstić information content (AvgIpc) is 2.69. The summed E-state index contributed by atoms with van der Waals surface area (Å²) in [7, 11) is 1.60. The second-order valence-electron chi connectivity index (χ2n) is 7.80. The van der Waals surface area contributed by atoms with Crippen LogP contribution in [-0.4, -0.2) is 43.5 Å². The number of piperidine rings is 1. The number of benzene rings is 1. The lowest BCUT2D eigenvalue weighted by molar-refractivity contribution is 0.157. The number of urea groups is 1. The molecule has 27 heavy (non-hydrogen) atoms. The number of nitrogens with zero attached hydrogens (tertiary/aromatic N) is 2. The van der Waals surface area contributed by atoms with Gasteiger partial charge in [0.25, 0.3) is 0 Å². The molecule has 6 heteroatoms. The second kappa shape index (κ2) is 9.74. The molecule has 1 saturated heterocycles. The van der Waals surface area contributed by atoms with E-state index in [0.717, 1.165) is 31.8 Å². The highest BCUT2D eigenvalue weighted by Crippen LogP contribution is 2.26. The van der Waals surface area contributed by atoms with Crippen molar-refractivity contribution in [3.63, 3.8) is 0 Å². The lowest BCUT2D eigenvalue weighted by atomic mass is 9.88. The number of methoxy groups -OCH3 is 1. The Bertz CT molecular complexity index is 655. The van der Waals surface area contributed by atoms with Gasteiger partial charge in [0, 0.05) is 30.8 Å². The Morgan fingerprint density at radius 2 is 2.07 bits per heavy atom. The first kappa shape index (κ1) is 19.7. The van der Waals surface area contributed by atoms with Gasteiger partial charge in [-0.15, -0.1) is 0 Å². The zero-order valence-electron chi connectivity index (χ0n) is 16.3. The molecule has 0 bridgehead atoms. The number of aliphatic imine (C=N–C) groups is 1. The Morgan fingerprint density at radius 1 is 1.26 bits per heavy atom. The lowest BCUT2D eigenvalue weighted by Gasteiger charge is -2.35. The highest BCUT2D eigenvalue weighted by molar-refractivity contribution is 6.00. The van der Waals surface area contributed by atoms with Crippen LogP contribution in [0.15, 0.2) is 29.3 Å². The Kier molecular flexibility index (Phi) is 7.10. The summed E-state index contributed by atoms with van der Waals surface area (Å²) in [5, 5.41) is 2.76. The van der Waals surface area contributed by atoms with Gasteiger partial charge in [0.1, 0.15) is 11.6 Å². The minimum atomic E-state index is -0.426. The van der Waals surface area contributed by atoms with Crippen LogP contribution in [0.2, 0.25) is 0 Å². The maximum Gasteiger partial charge on any atom is 0.347 e. The number of hydrogen-bond acceptors (Lipinski definition) is 3. The Labute approximate surface area is 162 Å². The highest BCUT2D eigenvalue weighted by atomic mass is 16.5. The normalized spacial score (nSPS) is 22.4. The van der Waals surface area contributed by atoms with E-state index in [1.807, 2.05) is 12.1 Å². The molecular formula is C21H32N4O2. The summed E-state index contributed by atoms with van der Waals surface area (Å²) < 4.78 is 5.17. The first-order valence-electron chi connectivity index (χ1n) is 10.2. The van der Waals surface area contributed by atoms with E-state index in [-0.39, 0.29) is 5.92 Å². The van der Waals surface area contributed by atoms with Crippen molar-refractivity contribution in [2.24, 2.45) is 22.6 Å². The third kappa shape index (κ3) is 5.96. The molecule has 0 radical (unpaired) electrons. The maximum atomic E-state index is 12.2. The van der Waals surface area contributed by atoms with E-state index in [0.29, 0.717) is 17.3 Å². The molecule has 6 nitrogen and oxygen atoms in total. The molecule has 1 saturated carbocycles. The molecule has 1 aromatic rings. The van der Waals surface area contributed by atoms with E-state index < -0.39 is 6.03 Å².